The number of aliphatic hydroxyl groups excluding tert-OH is 12. The first-order chi connectivity index (χ1) is 39.7. The summed E-state index contributed by atoms with van der Waals surface area (Å²) in [7, 11) is -4.88. The predicted octanol–water partition coefficient (Wildman–Crippen LogP) is -2.68. The van der Waals surface area contributed by atoms with Crippen molar-refractivity contribution in [1.82, 2.24) is 0 Å². The van der Waals surface area contributed by atoms with Crippen LogP contribution in [-0.4, -0.2) is 264 Å². The molecule has 3 saturated carbocycles. The first kappa shape index (κ1) is 67.7. The van der Waals surface area contributed by atoms with Crippen molar-refractivity contribution in [3.8, 4) is 0 Å². The summed E-state index contributed by atoms with van der Waals surface area (Å²) in [5.74, 6) is -0.799. The van der Waals surface area contributed by atoms with Gasteiger partial charge in [0.1, 0.15) is 103 Å². The molecule has 0 spiro atoms. The molecule has 0 unspecified atom stereocenters. The highest BCUT2D eigenvalue weighted by molar-refractivity contribution is 7.80. The molecule has 85 heavy (non-hydrogen) atoms. The molecule has 0 aromatic carbocycles. The lowest BCUT2D eigenvalue weighted by atomic mass is 9.47. The first-order valence-electron chi connectivity index (χ1n) is 29.9. The van der Waals surface area contributed by atoms with Gasteiger partial charge in [-0.2, -0.15) is 8.42 Å². The summed E-state index contributed by atoms with van der Waals surface area (Å²) >= 11 is 0. The van der Waals surface area contributed by atoms with E-state index in [9.17, 15) is 84.1 Å². The SMILES string of the molecule is CC(C)CC(=O)C[C@](C)(O)[C@H]1CC[C@H]2[C@H]3C[C@H](O[C@@H]4O[C@H](C)[C@@H](O)[C@H](O[C@@H]5OC[C@@H](O[C@@H]6O[C@H](CO)[C@H](O)[C@H](O)[C@H]6O[C@@H]6O[C@H](C)[C@@H](O)[C@H](O)[C@H]6O)[C@H](O)[C@H]5O[C@@H]5O[C@H](C)[C@@H](O)[C@H](O)[C@H]5O)[C@H]4O)[C@H]4C[C@@H](OS(=O)(=O)O)CC[C@]4(C)C3=CC[C@@]21C. The Morgan fingerprint density at radius 3 is 1.78 bits per heavy atom. The largest absolute Gasteiger partial charge is 0.397 e. The van der Waals surface area contributed by atoms with E-state index in [1.165, 1.54) is 20.8 Å². The maximum absolute atomic E-state index is 13.2. The van der Waals surface area contributed by atoms with Gasteiger partial charge in [-0.3, -0.25) is 9.35 Å². The number of aliphatic hydroxyl groups is 13. The maximum atomic E-state index is 13.2. The number of fused-ring (bicyclic) bond motifs is 5. The second kappa shape index (κ2) is 26.2. The van der Waals surface area contributed by atoms with Gasteiger partial charge in [0, 0.05) is 12.8 Å². The molecule has 4 aliphatic carbocycles. The van der Waals surface area contributed by atoms with E-state index in [0.717, 1.165) is 12.0 Å². The van der Waals surface area contributed by atoms with Gasteiger partial charge < -0.3 is 114 Å². The van der Waals surface area contributed by atoms with Gasteiger partial charge in [0.25, 0.3) is 0 Å². The first-order valence-corrected chi connectivity index (χ1v) is 31.3. The molecule has 5 aliphatic heterocycles. The van der Waals surface area contributed by atoms with E-state index < -0.39 is 206 Å². The Bertz CT molecular complexity index is 2420. The summed E-state index contributed by atoms with van der Waals surface area (Å²) in [6.07, 6.45) is -37.1. The van der Waals surface area contributed by atoms with Crippen molar-refractivity contribution in [3.05, 3.63) is 11.6 Å². The number of Topliss-reactive ketones (excluding diaryl/α,β-unsaturated/α-hetero) is 1. The Morgan fingerprint density at radius 1 is 0.647 bits per heavy atom. The summed E-state index contributed by atoms with van der Waals surface area (Å²) in [6.45, 7) is 12.6. The van der Waals surface area contributed by atoms with Crippen molar-refractivity contribution >= 4 is 16.2 Å². The molecule has 5 heterocycles. The van der Waals surface area contributed by atoms with Gasteiger partial charge in [0.15, 0.2) is 31.5 Å². The van der Waals surface area contributed by atoms with Crippen LogP contribution in [0.2, 0.25) is 0 Å². The van der Waals surface area contributed by atoms with Crippen LogP contribution in [0.4, 0.5) is 0 Å². The zero-order chi connectivity index (χ0) is 62.3. The minimum atomic E-state index is -4.88. The number of carbonyl (C=O) groups excluding carboxylic acids is 1. The zero-order valence-corrected chi connectivity index (χ0v) is 50.0. The van der Waals surface area contributed by atoms with Crippen LogP contribution in [0.1, 0.15) is 113 Å². The van der Waals surface area contributed by atoms with E-state index in [4.69, 9.17) is 51.6 Å². The normalized spacial score (nSPS) is 51.3. The number of ketones is 1. The average molecular weight is 1250 g/mol. The molecule has 0 amide bonds. The highest BCUT2D eigenvalue weighted by Crippen LogP contribution is 2.67. The van der Waals surface area contributed by atoms with Crippen molar-refractivity contribution in [3.63, 3.8) is 0 Å². The topological polar surface area (TPSA) is 436 Å². The number of hydrogen-bond donors (Lipinski definition) is 14. The molecule has 0 aromatic heterocycles. The summed E-state index contributed by atoms with van der Waals surface area (Å²) in [4.78, 5) is 13.2. The number of allylic oxidation sites excluding steroid dienone is 2. The lowest BCUT2D eigenvalue weighted by Gasteiger charge is -2.60. The lowest BCUT2D eigenvalue weighted by molar-refractivity contribution is -0.398. The molecule has 5 saturated heterocycles. The molecule has 0 aromatic rings. The predicted molar refractivity (Wildman–Crippen MR) is 286 cm³/mol. The highest BCUT2D eigenvalue weighted by atomic mass is 32.3. The molecule has 33 atom stereocenters. The monoisotopic (exact) mass is 1240 g/mol. The minimum absolute atomic E-state index is 0.00462. The smallest absolute Gasteiger partial charge is 0.394 e. The van der Waals surface area contributed by atoms with Crippen molar-refractivity contribution < 1.29 is 136 Å². The quantitative estimate of drug-likeness (QED) is 0.0491. The van der Waals surface area contributed by atoms with Crippen LogP contribution in [0.5, 0.6) is 0 Å². The summed E-state index contributed by atoms with van der Waals surface area (Å²) in [5, 5.41) is 145. The van der Waals surface area contributed by atoms with Crippen LogP contribution in [0.15, 0.2) is 11.6 Å². The lowest BCUT2D eigenvalue weighted by Crippen LogP contribution is -2.67. The number of carbonyl (C=O) groups is 1. The van der Waals surface area contributed by atoms with E-state index in [1.54, 1.807) is 6.92 Å². The van der Waals surface area contributed by atoms with E-state index in [2.05, 4.69) is 19.9 Å². The fourth-order valence-electron chi connectivity index (χ4n) is 15.8. The molecule has 490 valence electrons. The Balaban J connectivity index is 0.982. The van der Waals surface area contributed by atoms with Crippen molar-refractivity contribution in [2.45, 2.75) is 278 Å². The molecule has 29 heteroatoms. The van der Waals surface area contributed by atoms with Gasteiger partial charge in [0.2, 0.25) is 0 Å². The van der Waals surface area contributed by atoms with Crippen molar-refractivity contribution in [2.24, 2.45) is 40.4 Å². The third-order valence-electron chi connectivity index (χ3n) is 20.3. The molecule has 0 bridgehead atoms. The Morgan fingerprint density at radius 2 is 1.20 bits per heavy atom. The van der Waals surface area contributed by atoms with Crippen LogP contribution < -0.4 is 0 Å². The van der Waals surface area contributed by atoms with Crippen molar-refractivity contribution in [2.75, 3.05) is 13.2 Å². The maximum Gasteiger partial charge on any atom is 0.397 e. The van der Waals surface area contributed by atoms with Crippen LogP contribution in [0.3, 0.4) is 0 Å². The highest BCUT2D eigenvalue weighted by Gasteiger charge is 2.64. The van der Waals surface area contributed by atoms with E-state index in [-0.39, 0.29) is 48.7 Å². The number of rotatable bonds is 18. The summed E-state index contributed by atoms with van der Waals surface area (Å²) in [5.41, 5.74) is -1.26. The molecule has 9 rings (SSSR count). The fraction of sp³-hybridized carbons (Fsp3) is 0.946. The molecule has 0 radical (unpaired) electrons. The van der Waals surface area contributed by atoms with E-state index >= 15 is 0 Å². The van der Waals surface area contributed by atoms with Crippen molar-refractivity contribution in [1.29, 1.82) is 0 Å². The Labute approximate surface area is 494 Å². The Hall–Kier alpha value is -1.64. The number of ether oxygens (including phenoxy) is 10. The fourth-order valence-corrected chi connectivity index (χ4v) is 16.3. The zero-order valence-electron chi connectivity index (χ0n) is 49.1. The standard InChI is InChI=1S/C56H92O28S/c1-21(2)15-25(58)18-56(8,70)34-10-9-28-27-17-31(30-16-26(84-85(71,72)73)11-13-54(30,6)29(27)12-14-55(28,34)7)78-51-45(69)46(37(61)24(5)77-51)81-52-47(82-49-43(67)40(64)35(59)22(3)75-49)39(63)33(20-74-52)80-53-48(42(66)38(62)32(19-57)79-53)83-50-44(68)41(65)36(60)23(4)76-50/h12,21-24,26-28,30-53,57,59-70H,9-11,13-20H2,1-8H3,(H,71,72,73)/t22-,23-,24-,26+,27-,28+,30-,31+,32-,33-,34+,35-,36-,37-,38+,39+,40+,41+,42+,43-,44-,45-,46+,47-,48-,49+,50+,51+,52+,53+,54-,55+,56+/m1/s1. The average Bonchev–Trinajstić information content (AvgIpc) is 1.71. The van der Waals surface area contributed by atoms with Gasteiger partial charge in [-0.15, -0.1) is 0 Å². The summed E-state index contributed by atoms with van der Waals surface area (Å²) in [6, 6.07) is 0. The van der Waals surface area contributed by atoms with Gasteiger partial charge in [0.05, 0.1) is 49.3 Å². The molecule has 8 fully saturated rings. The molecular weight excluding hydrogens is 1150 g/mol. The van der Waals surface area contributed by atoms with Gasteiger partial charge >= 0.3 is 10.4 Å². The van der Waals surface area contributed by atoms with Gasteiger partial charge in [-0.05, 0) is 113 Å². The molecule has 28 nitrogen and oxygen atoms in total. The third kappa shape index (κ3) is 13.5. The number of hydrogen-bond acceptors (Lipinski definition) is 27. The summed E-state index contributed by atoms with van der Waals surface area (Å²) < 4.78 is 100. The second-order valence-electron chi connectivity index (χ2n) is 26.7. The van der Waals surface area contributed by atoms with Gasteiger partial charge in [-0.25, -0.2) is 4.18 Å². The van der Waals surface area contributed by atoms with E-state index in [0.29, 0.717) is 32.1 Å². The molecular formula is C56H92O28S. The third-order valence-corrected chi connectivity index (χ3v) is 20.8. The van der Waals surface area contributed by atoms with Gasteiger partial charge in [-0.1, -0.05) is 39.3 Å². The van der Waals surface area contributed by atoms with Crippen LogP contribution in [0, 0.1) is 40.4 Å². The van der Waals surface area contributed by atoms with Crippen LogP contribution in [-0.2, 0) is 66.7 Å². The molecule has 14 N–H and O–H groups in total. The van der Waals surface area contributed by atoms with Crippen LogP contribution in [0.25, 0.3) is 0 Å². The molecule has 9 aliphatic rings. The van der Waals surface area contributed by atoms with Crippen LogP contribution >= 0.6 is 0 Å². The van der Waals surface area contributed by atoms with E-state index in [1.807, 2.05) is 13.8 Å². The Kier molecular flexibility index (Phi) is 20.8. The minimum Gasteiger partial charge on any atom is -0.394 e. The second-order valence-corrected chi connectivity index (χ2v) is 27.7.